The van der Waals surface area contributed by atoms with Crippen molar-refractivity contribution < 1.29 is 0 Å². The van der Waals surface area contributed by atoms with Crippen LogP contribution in [-0.2, 0) is 0 Å². The van der Waals surface area contributed by atoms with Crippen LogP contribution in [-0.4, -0.2) is 0 Å². The second-order valence-corrected chi connectivity index (χ2v) is 3.53. The minimum atomic E-state index is -0.346. The van der Waals surface area contributed by atoms with Crippen LogP contribution in [0, 0.1) is 12.3 Å². The summed E-state index contributed by atoms with van der Waals surface area (Å²) < 4.78 is 0. The Kier molecular flexibility index (Phi) is 2.43. The van der Waals surface area contributed by atoms with Crippen molar-refractivity contribution in [2.24, 2.45) is 0 Å². The molecule has 0 nitrogen and oxygen atoms in total. The summed E-state index contributed by atoms with van der Waals surface area (Å²) in [6.07, 6.45) is 5.31. The van der Waals surface area contributed by atoms with E-state index in [1.54, 1.807) is 0 Å². The molecule has 0 aliphatic carbocycles. The average Bonchev–Trinajstić information content (AvgIpc) is 2.27. The molecule has 1 atom stereocenters. The number of terminal acetylenes is 1. The third-order valence-corrected chi connectivity index (χ3v) is 2.60. The fraction of sp³-hybridized carbons (Fsp3) is 0.0769. The highest BCUT2D eigenvalue weighted by atomic mass is 35.5. The molecular weight excluding hydrogens is 192 g/mol. The molecule has 0 saturated carbocycles. The van der Waals surface area contributed by atoms with Gasteiger partial charge in [0.25, 0.3) is 0 Å². The maximum Gasteiger partial charge on any atom is 0.120 e. The molecule has 0 fully saturated rings. The molecule has 14 heavy (non-hydrogen) atoms. The second kappa shape index (κ2) is 3.74. The standard InChI is InChI=1S/C13H9Cl/c1-2-13(14)12-9-5-7-10-6-3-4-8-11(10)12/h1,3-9,13H. The normalized spacial score (nSPS) is 12.3. The van der Waals surface area contributed by atoms with Crippen molar-refractivity contribution in [2.75, 3.05) is 0 Å². The van der Waals surface area contributed by atoms with Crippen molar-refractivity contribution in [1.82, 2.24) is 0 Å². The Morgan fingerprint density at radius 2 is 1.79 bits per heavy atom. The fourth-order valence-electron chi connectivity index (χ4n) is 1.56. The van der Waals surface area contributed by atoms with Gasteiger partial charge in [-0.1, -0.05) is 48.4 Å². The average molecular weight is 201 g/mol. The highest BCUT2D eigenvalue weighted by Gasteiger charge is 2.06. The van der Waals surface area contributed by atoms with E-state index in [1.165, 1.54) is 5.39 Å². The van der Waals surface area contributed by atoms with Gasteiger partial charge in [0.05, 0.1) is 0 Å². The van der Waals surface area contributed by atoms with E-state index in [-0.39, 0.29) is 5.38 Å². The molecule has 2 rings (SSSR count). The summed E-state index contributed by atoms with van der Waals surface area (Å²) in [7, 11) is 0. The van der Waals surface area contributed by atoms with E-state index in [0.29, 0.717) is 0 Å². The van der Waals surface area contributed by atoms with Gasteiger partial charge in [0.1, 0.15) is 5.38 Å². The quantitative estimate of drug-likeness (QED) is 0.486. The predicted molar refractivity (Wildman–Crippen MR) is 61.4 cm³/mol. The number of hydrogen-bond acceptors (Lipinski definition) is 0. The van der Waals surface area contributed by atoms with E-state index in [1.807, 2.05) is 30.3 Å². The van der Waals surface area contributed by atoms with E-state index in [9.17, 15) is 0 Å². The Bertz CT molecular complexity index is 489. The lowest BCUT2D eigenvalue weighted by atomic mass is 10.0. The maximum atomic E-state index is 6.03. The van der Waals surface area contributed by atoms with Gasteiger partial charge < -0.3 is 0 Å². The molecule has 0 amide bonds. The minimum Gasteiger partial charge on any atom is -0.118 e. The van der Waals surface area contributed by atoms with Gasteiger partial charge in [0, 0.05) is 0 Å². The molecule has 1 unspecified atom stereocenters. The Balaban J connectivity index is 2.72. The SMILES string of the molecule is C#CC(Cl)c1cccc2ccccc12. The number of benzene rings is 2. The Hall–Kier alpha value is -1.45. The summed E-state index contributed by atoms with van der Waals surface area (Å²) in [5.41, 5.74) is 1.01. The molecule has 0 heterocycles. The smallest absolute Gasteiger partial charge is 0.118 e. The van der Waals surface area contributed by atoms with Crippen molar-refractivity contribution in [1.29, 1.82) is 0 Å². The summed E-state index contributed by atoms with van der Waals surface area (Å²) in [6, 6.07) is 14.1. The van der Waals surface area contributed by atoms with Crippen LogP contribution < -0.4 is 0 Å². The summed E-state index contributed by atoms with van der Waals surface area (Å²) in [5.74, 6) is 2.54. The third-order valence-electron chi connectivity index (χ3n) is 2.24. The molecule has 2 aromatic carbocycles. The lowest BCUT2D eigenvalue weighted by molar-refractivity contribution is 1.29. The summed E-state index contributed by atoms with van der Waals surface area (Å²) in [6.45, 7) is 0. The molecule has 2 aromatic rings. The van der Waals surface area contributed by atoms with Gasteiger partial charge in [-0.3, -0.25) is 0 Å². The van der Waals surface area contributed by atoms with Gasteiger partial charge in [-0.2, -0.15) is 0 Å². The van der Waals surface area contributed by atoms with Gasteiger partial charge >= 0.3 is 0 Å². The summed E-state index contributed by atoms with van der Waals surface area (Å²) in [4.78, 5) is 0. The molecular formula is C13H9Cl. The Morgan fingerprint density at radius 3 is 2.57 bits per heavy atom. The molecule has 68 valence electrons. The van der Waals surface area contributed by atoms with Gasteiger partial charge in [-0.05, 0) is 16.3 Å². The number of hydrogen-bond donors (Lipinski definition) is 0. The Labute approximate surface area is 88.5 Å². The first-order chi connectivity index (χ1) is 6.83. The van der Waals surface area contributed by atoms with Gasteiger partial charge in [0.2, 0.25) is 0 Å². The largest absolute Gasteiger partial charge is 0.120 e. The van der Waals surface area contributed by atoms with Gasteiger partial charge in [-0.15, -0.1) is 18.0 Å². The molecule has 1 heteroatoms. The van der Waals surface area contributed by atoms with Crippen LogP contribution in [0.15, 0.2) is 42.5 Å². The molecule has 0 aliphatic rings. The van der Waals surface area contributed by atoms with Crippen LogP contribution in [0.1, 0.15) is 10.9 Å². The molecule has 0 spiro atoms. The van der Waals surface area contributed by atoms with Gasteiger partial charge in [0.15, 0.2) is 0 Å². The molecule has 0 saturated heterocycles. The van der Waals surface area contributed by atoms with Crippen molar-refractivity contribution >= 4 is 22.4 Å². The van der Waals surface area contributed by atoms with Crippen molar-refractivity contribution in [3.8, 4) is 12.3 Å². The van der Waals surface area contributed by atoms with E-state index < -0.39 is 0 Å². The fourth-order valence-corrected chi connectivity index (χ4v) is 1.75. The van der Waals surface area contributed by atoms with E-state index >= 15 is 0 Å². The van der Waals surface area contributed by atoms with Crippen molar-refractivity contribution in [3.63, 3.8) is 0 Å². The van der Waals surface area contributed by atoms with Crippen LogP contribution in [0.5, 0.6) is 0 Å². The second-order valence-electron chi connectivity index (χ2n) is 3.10. The van der Waals surface area contributed by atoms with Gasteiger partial charge in [-0.25, -0.2) is 0 Å². The summed E-state index contributed by atoms with van der Waals surface area (Å²) >= 11 is 6.03. The number of rotatable bonds is 1. The van der Waals surface area contributed by atoms with Crippen LogP contribution in [0.3, 0.4) is 0 Å². The molecule has 0 radical (unpaired) electrons. The van der Waals surface area contributed by atoms with Crippen LogP contribution in [0.25, 0.3) is 10.8 Å². The highest BCUT2D eigenvalue weighted by Crippen LogP contribution is 2.27. The molecule has 0 aliphatic heterocycles. The first-order valence-corrected chi connectivity index (χ1v) is 4.84. The predicted octanol–water partition coefficient (Wildman–Crippen LogP) is 3.75. The lowest BCUT2D eigenvalue weighted by Gasteiger charge is -2.06. The van der Waals surface area contributed by atoms with E-state index in [2.05, 4.69) is 18.1 Å². The molecule has 0 aromatic heterocycles. The van der Waals surface area contributed by atoms with Crippen LogP contribution in [0.4, 0.5) is 0 Å². The topological polar surface area (TPSA) is 0 Å². The number of halogens is 1. The van der Waals surface area contributed by atoms with E-state index in [4.69, 9.17) is 18.0 Å². The zero-order valence-corrected chi connectivity index (χ0v) is 8.33. The highest BCUT2D eigenvalue weighted by molar-refractivity contribution is 6.23. The lowest BCUT2D eigenvalue weighted by Crippen LogP contribution is -1.87. The van der Waals surface area contributed by atoms with Crippen LogP contribution in [0.2, 0.25) is 0 Å². The minimum absolute atomic E-state index is 0.346. The first kappa shape index (κ1) is 9.12. The van der Waals surface area contributed by atoms with Crippen molar-refractivity contribution in [2.45, 2.75) is 5.38 Å². The Morgan fingerprint density at radius 1 is 1.07 bits per heavy atom. The third kappa shape index (κ3) is 1.47. The monoisotopic (exact) mass is 200 g/mol. The molecule has 0 N–H and O–H groups in total. The maximum absolute atomic E-state index is 6.03. The first-order valence-electron chi connectivity index (χ1n) is 4.41. The zero-order chi connectivity index (χ0) is 9.97. The van der Waals surface area contributed by atoms with E-state index in [0.717, 1.165) is 10.9 Å². The number of fused-ring (bicyclic) bond motifs is 1. The molecule has 0 bridgehead atoms. The summed E-state index contributed by atoms with van der Waals surface area (Å²) in [5, 5.41) is 1.96. The zero-order valence-electron chi connectivity index (χ0n) is 7.57. The van der Waals surface area contributed by atoms with Crippen molar-refractivity contribution in [3.05, 3.63) is 48.0 Å². The van der Waals surface area contributed by atoms with Crippen LogP contribution >= 0.6 is 11.6 Å². The number of alkyl halides is 1.